The summed E-state index contributed by atoms with van der Waals surface area (Å²) in [7, 11) is 0. The van der Waals surface area contributed by atoms with E-state index >= 15 is 0 Å². The molecule has 2 amide bonds. The van der Waals surface area contributed by atoms with Gasteiger partial charge < -0.3 is 20.8 Å². The molecular weight excluding hydrogens is 341 g/mol. The monoisotopic (exact) mass is 362 g/mol. The molecule has 25 heavy (non-hydrogen) atoms. The Bertz CT molecular complexity index is 552. The molecule has 0 aromatic heterocycles. The van der Waals surface area contributed by atoms with Crippen LogP contribution in [-0.2, 0) is 11.2 Å². The van der Waals surface area contributed by atoms with Gasteiger partial charge in [-0.25, -0.2) is 4.79 Å². The molecule has 0 spiro atoms. The molecule has 0 saturated carbocycles. The molecule has 0 aliphatic carbocycles. The van der Waals surface area contributed by atoms with Gasteiger partial charge in [-0.15, -0.1) is 0 Å². The molecule has 0 radical (unpaired) electrons. The molecule has 140 valence electrons. The van der Waals surface area contributed by atoms with Crippen molar-refractivity contribution in [3.8, 4) is 0 Å². The number of carboxylic acids is 1. The number of hydrogen-bond donors (Lipinski definition) is 4. The van der Waals surface area contributed by atoms with Crippen LogP contribution in [0.2, 0.25) is 0 Å². The molecule has 0 aliphatic rings. The smallest absolute Gasteiger partial charge is 0.414 e. The number of benzene rings is 1. The fourth-order valence-electron chi connectivity index (χ4n) is 2.14. The van der Waals surface area contributed by atoms with E-state index in [9.17, 15) is 22.8 Å². The molecule has 1 rings (SSSR count). The minimum Gasteiger partial charge on any atom is -0.481 e. The lowest BCUT2D eigenvalue weighted by molar-refractivity contribution is -0.204. The average molecular weight is 362 g/mol. The first-order chi connectivity index (χ1) is 11.7. The molecular formula is C16H21F3N2O4. The molecule has 0 heterocycles. The third-order valence-corrected chi connectivity index (χ3v) is 3.45. The van der Waals surface area contributed by atoms with Crippen molar-refractivity contribution in [1.82, 2.24) is 10.6 Å². The molecule has 2 atom stereocenters. The molecule has 4 N–H and O–H groups in total. The third kappa shape index (κ3) is 8.94. The molecule has 1 aromatic carbocycles. The van der Waals surface area contributed by atoms with Crippen molar-refractivity contribution >= 4 is 12.0 Å². The minimum absolute atomic E-state index is 0.148. The first kappa shape index (κ1) is 20.8. The second kappa shape index (κ2) is 9.87. The maximum atomic E-state index is 12.2. The summed E-state index contributed by atoms with van der Waals surface area (Å²) in [6.07, 6.45) is -7.45. The molecule has 0 saturated heterocycles. The van der Waals surface area contributed by atoms with Crippen molar-refractivity contribution in [3.05, 3.63) is 35.9 Å². The molecule has 0 bridgehead atoms. The van der Waals surface area contributed by atoms with Crippen LogP contribution < -0.4 is 10.6 Å². The molecule has 0 aliphatic heterocycles. The number of halogens is 3. The number of aliphatic hydroxyl groups excluding tert-OH is 1. The van der Waals surface area contributed by atoms with Gasteiger partial charge in [-0.3, -0.25) is 4.79 Å². The van der Waals surface area contributed by atoms with Crippen LogP contribution in [0.4, 0.5) is 18.0 Å². The van der Waals surface area contributed by atoms with Crippen LogP contribution in [0.3, 0.4) is 0 Å². The minimum atomic E-state index is -4.73. The summed E-state index contributed by atoms with van der Waals surface area (Å²) >= 11 is 0. The maximum absolute atomic E-state index is 12.2. The predicted molar refractivity (Wildman–Crippen MR) is 84.0 cm³/mol. The van der Waals surface area contributed by atoms with Gasteiger partial charge in [-0.05, 0) is 24.8 Å². The first-order valence-corrected chi connectivity index (χ1v) is 7.73. The van der Waals surface area contributed by atoms with Crippen LogP contribution in [0.15, 0.2) is 30.3 Å². The standard InChI is InChI=1S/C16H21F3N2O4/c17-16(18,19)13(22)8-9-20-15(25)21-12(6-7-14(23)24)10-11-4-2-1-3-5-11/h1-5,12-13,22H,6-10H2,(H,23,24)(H2,20,21,25). The number of hydrogen-bond acceptors (Lipinski definition) is 3. The van der Waals surface area contributed by atoms with Crippen LogP contribution >= 0.6 is 0 Å². The molecule has 0 fully saturated rings. The normalized spacial score (nSPS) is 13.8. The van der Waals surface area contributed by atoms with Crippen LogP contribution in [-0.4, -0.2) is 47.1 Å². The number of carbonyl (C=O) groups is 2. The van der Waals surface area contributed by atoms with Gasteiger partial charge in [0.25, 0.3) is 0 Å². The lowest BCUT2D eigenvalue weighted by Crippen LogP contribution is -2.44. The van der Waals surface area contributed by atoms with Crippen LogP contribution in [0.1, 0.15) is 24.8 Å². The lowest BCUT2D eigenvalue weighted by atomic mass is 10.0. The number of amides is 2. The van der Waals surface area contributed by atoms with E-state index in [1.165, 1.54) is 0 Å². The number of carboxylic acid groups (broad SMARTS) is 1. The lowest BCUT2D eigenvalue weighted by Gasteiger charge is -2.19. The van der Waals surface area contributed by atoms with E-state index in [2.05, 4.69) is 10.6 Å². The average Bonchev–Trinajstić information content (AvgIpc) is 2.52. The Hall–Kier alpha value is -2.29. The van der Waals surface area contributed by atoms with Gasteiger partial charge in [0.05, 0.1) is 0 Å². The Morgan fingerprint density at radius 3 is 2.32 bits per heavy atom. The largest absolute Gasteiger partial charge is 0.481 e. The maximum Gasteiger partial charge on any atom is 0.414 e. The number of aliphatic carboxylic acids is 1. The van der Waals surface area contributed by atoms with Crippen molar-refractivity contribution in [1.29, 1.82) is 0 Å². The topological polar surface area (TPSA) is 98.7 Å². The van der Waals surface area contributed by atoms with Gasteiger partial charge in [-0.1, -0.05) is 30.3 Å². The number of alkyl halides is 3. The number of urea groups is 1. The van der Waals surface area contributed by atoms with E-state index in [1.54, 1.807) is 0 Å². The molecule has 9 heteroatoms. The number of carbonyl (C=O) groups excluding carboxylic acids is 1. The van der Waals surface area contributed by atoms with E-state index in [-0.39, 0.29) is 19.4 Å². The van der Waals surface area contributed by atoms with E-state index < -0.39 is 36.7 Å². The Morgan fingerprint density at radius 2 is 1.76 bits per heavy atom. The highest BCUT2D eigenvalue weighted by atomic mass is 19.4. The van der Waals surface area contributed by atoms with Crippen molar-refractivity contribution < 1.29 is 33.0 Å². The van der Waals surface area contributed by atoms with Gasteiger partial charge in [-0.2, -0.15) is 13.2 Å². The Labute approximate surface area is 143 Å². The summed E-state index contributed by atoms with van der Waals surface area (Å²) in [6.45, 7) is -0.358. The molecule has 6 nitrogen and oxygen atoms in total. The van der Waals surface area contributed by atoms with Crippen molar-refractivity contribution in [2.75, 3.05) is 6.54 Å². The fourth-order valence-corrected chi connectivity index (χ4v) is 2.14. The van der Waals surface area contributed by atoms with Gasteiger partial charge in [0, 0.05) is 19.0 Å². The highest BCUT2D eigenvalue weighted by Crippen LogP contribution is 2.21. The van der Waals surface area contributed by atoms with E-state index in [0.29, 0.717) is 6.42 Å². The van der Waals surface area contributed by atoms with Gasteiger partial charge >= 0.3 is 18.2 Å². The van der Waals surface area contributed by atoms with Crippen LogP contribution in [0.25, 0.3) is 0 Å². The van der Waals surface area contributed by atoms with Crippen LogP contribution in [0.5, 0.6) is 0 Å². The van der Waals surface area contributed by atoms with Gasteiger partial charge in [0.2, 0.25) is 0 Å². The third-order valence-electron chi connectivity index (χ3n) is 3.45. The van der Waals surface area contributed by atoms with E-state index in [4.69, 9.17) is 10.2 Å². The Balaban J connectivity index is 2.49. The quantitative estimate of drug-likeness (QED) is 0.540. The van der Waals surface area contributed by atoms with Crippen molar-refractivity contribution in [3.63, 3.8) is 0 Å². The number of nitrogens with one attached hydrogen (secondary N) is 2. The highest BCUT2D eigenvalue weighted by Gasteiger charge is 2.37. The summed E-state index contributed by atoms with van der Waals surface area (Å²) in [5, 5.41) is 22.4. The van der Waals surface area contributed by atoms with Crippen molar-refractivity contribution in [2.45, 2.75) is 44.0 Å². The fraction of sp³-hybridized carbons (Fsp3) is 0.500. The van der Waals surface area contributed by atoms with Gasteiger partial charge in [0.1, 0.15) is 0 Å². The van der Waals surface area contributed by atoms with E-state index in [0.717, 1.165) is 5.56 Å². The molecule has 2 unspecified atom stereocenters. The Kier molecular flexibility index (Phi) is 8.20. The second-order valence-electron chi connectivity index (χ2n) is 5.57. The predicted octanol–water partition coefficient (Wildman–Crippen LogP) is 2.07. The highest BCUT2D eigenvalue weighted by molar-refractivity contribution is 5.74. The van der Waals surface area contributed by atoms with Gasteiger partial charge in [0.15, 0.2) is 6.10 Å². The zero-order valence-electron chi connectivity index (χ0n) is 13.4. The Morgan fingerprint density at radius 1 is 1.12 bits per heavy atom. The van der Waals surface area contributed by atoms with Crippen LogP contribution in [0, 0.1) is 0 Å². The second-order valence-corrected chi connectivity index (χ2v) is 5.57. The zero-order chi connectivity index (χ0) is 18.9. The SMILES string of the molecule is O=C(O)CCC(Cc1ccccc1)NC(=O)NCCC(O)C(F)(F)F. The molecule has 1 aromatic rings. The summed E-state index contributed by atoms with van der Waals surface area (Å²) in [4.78, 5) is 22.5. The summed E-state index contributed by atoms with van der Waals surface area (Å²) in [5.41, 5.74) is 0.894. The summed E-state index contributed by atoms with van der Waals surface area (Å²) in [6, 6.07) is 7.90. The summed E-state index contributed by atoms with van der Waals surface area (Å²) in [5.74, 6) is -1.01. The summed E-state index contributed by atoms with van der Waals surface area (Å²) < 4.78 is 36.5. The number of rotatable bonds is 9. The first-order valence-electron chi connectivity index (χ1n) is 7.73. The number of aliphatic hydroxyl groups is 1. The van der Waals surface area contributed by atoms with Crippen molar-refractivity contribution in [2.24, 2.45) is 0 Å². The van der Waals surface area contributed by atoms with E-state index in [1.807, 2.05) is 30.3 Å². The zero-order valence-corrected chi connectivity index (χ0v) is 13.4.